The van der Waals surface area contributed by atoms with Gasteiger partial charge < -0.3 is 19.8 Å². The molecule has 8 nitrogen and oxygen atoms in total. The Morgan fingerprint density at radius 1 is 1.14 bits per heavy atom. The quantitative estimate of drug-likeness (QED) is 0.306. The lowest BCUT2D eigenvalue weighted by atomic mass is 9.94. The Bertz CT molecular complexity index is 1810. The smallest absolute Gasteiger partial charge is 0.319 e. The van der Waals surface area contributed by atoms with E-state index in [4.69, 9.17) is 9.72 Å². The van der Waals surface area contributed by atoms with Gasteiger partial charge in [-0.15, -0.1) is 0 Å². The number of pyridine rings is 1. The monoisotopic (exact) mass is 605 g/mol. The molecule has 3 saturated heterocycles. The van der Waals surface area contributed by atoms with Crippen molar-refractivity contribution in [2.24, 2.45) is 5.92 Å². The van der Waals surface area contributed by atoms with Crippen molar-refractivity contribution in [3.05, 3.63) is 47.7 Å². The summed E-state index contributed by atoms with van der Waals surface area (Å²) in [6.07, 6.45) is 4.09. The maximum atomic E-state index is 16.8. The third-order valence-electron chi connectivity index (χ3n) is 10.4. The van der Waals surface area contributed by atoms with Crippen LogP contribution in [-0.4, -0.2) is 80.2 Å². The molecule has 0 spiro atoms. The number of anilines is 1. The maximum Gasteiger partial charge on any atom is 0.319 e. The lowest BCUT2D eigenvalue weighted by Crippen LogP contribution is -2.44. The molecular weight excluding hydrogens is 571 g/mol. The second kappa shape index (κ2) is 10.2. The van der Waals surface area contributed by atoms with Gasteiger partial charge in [0.1, 0.15) is 41.4 Å². The summed E-state index contributed by atoms with van der Waals surface area (Å²) in [6, 6.07) is 5.64. The van der Waals surface area contributed by atoms with Crippen LogP contribution in [0.15, 0.2) is 30.5 Å². The normalized spacial score (nSPS) is 28.1. The van der Waals surface area contributed by atoms with E-state index in [9.17, 15) is 19.0 Å². The van der Waals surface area contributed by atoms with Gasteiger partial charge >= 0.3 is 6.01 Å². The Morgan fingerprint density at radius 3 is 2.80 bits per heavy atom. The number of nitrogens with zero attached hydrogens (tertiary/aromatic N) is 5. The third-order valence-corrected chi connectivity index (χ3v) is 10.4. The molecule has 4 aliphatic rings. The first-order chi connectivity index (χ1) is 21.2. The van der Waals surface area contributed by atoms with Crippen molar-refractivity contribution < 1.29 is 28.1 Å². The van der Waals surface area contributed by atoms with Crippen LogP contribution < -0.4 is 9.64 Å². The highest BCUT2D eigenvalue weighted by molar-refractivity contribution is 6.01. The number of alkyl halides is 1. The molecule has 5 atom stereocenters. The van der Waals surface area contributed by atoms with Crippen LogP contribution in [0.3, 0.4) is 0 Å². The molecule has 11 heteroatoms. The van der Waals surface area contributed by atoms with Gasteiger partial charge in [-0.05, 0) is 79.1 Å². The first-order valence-electron chi connectivity index (χ1n) is 15.5. The topological polar surface area (TPSA) is 94.8 Å². The van der Waals surface area contributed by atoms with Crippen LogP contribution in [0.25, 0.3) is 32.9 Å². The zero-order valence-corrected chi connectivity index (χ0v) is 24.4. The summed E-state index contributed by atoms with van der Waals surface area (Å²) in [5, 5.41) is 22.7. The van der Waals surface area contributed by atoms with Gasteiger partial charge in [0.05, 0.1) is 23.1 Å². The van der Waals surface area contributed by atoms with E-state index in [2.05, 4.69) is 14.9 Å². The standard InChI is InChI=1S/C33H34F3N5O3/c1-2-21-24(35)5-4-18-10-20(42)11-22(27(18)21)29-28(36)30-23(13-37-29)31(41-14-17-8-25(41)26(43)9-17)39-32(38-30)44-16-33-6-3-7-40(33)15-19(34)12-33/h4-5,10-11,13,17,19,25-26,42-43H,2-3,6-9,12,14-16H2,1H3/t17-,19+,25+,26+,33-/m0/s1. The first kappa shape index (κ1) is 27.8. The Labute approximate surface area is 252 Å². The summed E-state index contributed by atoms with van der Waals surface area (Å²) in [5.41, 5.74) is 0.123. The summed E-state index contributed by atoms with van der Waals surface area (Å²) in [7, 11) is 0. The molecule has 230 valence electrons. The van der Waals surface area contributed by atoms with Crippen molar-refractivity contribution in [2.45, 2.75) is 69.3 Å². The van der Waals surface area contributed by atoms with Gasteiger partial charge in [0.25, 0.3) is 0 Å². The summed E-state index contributed by atoms with van der Waals surface area (Å²) in [4.78, 5) is 17.9. The molecule has 0 unspecified atom stereocenters. The number of ether oxygens (including phenoxy) is 1. The van der Waals surface area contributed by atoms with Crippen LogP contribution in [0.2, 0.25) is 0 Å². The number of halogens is 3. The van der Waals surface area contributed by atoms with Crippen molar-refractivity contribution in [2.75, 3.05) is 31.1 Å². The van der Waals surface area contributed by atoms with Gasteiger partial charge in [-0.3, -0.25) is 9.88 Å². The number of aryl methyl sites for hydroxylation is 1. The molecule has 4 fully saturated rings. The molecule has 44 heavy (non-hydrogen) atoms. The number of phenolic OH excluding ortho intramolecular Hbond substituents is 1. The lowest BCUT2D eigenvalue weighted by Gasteiger charge is -2.33. The van der Waals surface area contributed by atoms with Crippen molar-refractivity contribution in [1.29, 1.82) is 0 Å². The number of aliphatic hydroxyl groups excluding tert-OH is 1. The van der Waals surface area contributed by atoms with E-state index in [1.807, 2.05) is 11.8 Å². The fourth-order valence-corrected chi connectivity index (χ4v) is 8.41. The van der Waals surface area contributed by atoms with Crippen LogP contribution in [0.1, 0.15) is 44.6 Å². The van der Waals surface area contributed by atoms with Gasteiger partial charge in [-0.2, -0.15) is 9.97 Å². The molecule has 2 bridgehead atoms. The number of aromatic hydroxyl groups is 1. The number of phenols is 1. The average molecular weight is 606 g/mol. The zero-order chi connectivity index (χ0) is 30.3. The molecule has 3 aliphatic heterocycles. The first-order valence-corrected chi connectivity index (χ1v) is 15.5. The SMILES string of the molecule is CCc1c(F)ccc2cc(O)cc(-c3ncc4c(N5C[C@@H]6C[C@@H](O)[C@H]5C6)nc(OC[C@@]56CCCN5C[C@H](F)C6)nc4c3F)c12. The van der Waals surface area contributed by atoms with Crippen molar-refractivity contribution >= 4 is 27.5 Å². The summed E-state index contributed by atoms with van der Waals surface area (Å²) >= 11 is 0. The van der Waals surface area contributed by atoms with Crippen LogP contribution >= 0.6 is 0 Å². The van der Waals surface area contributed by atoms with Gasteiger partial charge in [-0.1, -0.05) is 13.0 Å². The second-order valence-corrected chi connectivity index (χ2v) is 13.0. The number of hydrogen-bond donors (Lipinski definition) is 2. The van der Waals surface area contributed by atoms with Gasteiger partial charge in [0.2, 0.25) is 0 Å². The molecule has 2 aromatic carbocycles. The van der Waals surface area contributed by atoms with E-state index in [0.717, 1.165) is 25.8 Å². The summed E-state index contributed by atoms with van der Waals surface area (Å²) < 4.78 is 52.3. The molecule has 1 aliphatic carbocycles. The highest BCUT2D eigenvalue weighted by atomic mass is 19.1. The van der Waals surface area contributed by atoms with E-state index in [-0.39, 0.29) is 41.2 Å². The minimum atomic E-state index is -0.922. The fourth-order valence-electron chi connectivity index (χ4n) is 8.41. The van der Waals surface area contributed by atoms with E-state index < -0.39 is 29.4 Å². The highest BCUT2D eigenvalue weighted by Crippen LogP contribution is 2.45. The molecule has 2 N–H and O–H groups in total. The van der Waals surface area contributed by atoms with E-state index in [0.29, 0.717) is 65.8 Å². The molecule has 0 radical (unpaired) electrons. The molecule has 8 rings (SSSR count). The molecule has 4 aromatic rings. The largest absolute Gasteiger partial charge is 0.508 e. The van der Waals surface area contributed by atoms with Gasteiger partial charge in [0.15, 0.2) is 5.82 Å². The molecule has 5 heterocycles. The van der Waals surface area contributed by atoms with Crippen molar-refractivity contribution in [1.82, 2.24) is 19.9 Å². The number of fused-ring (bicyclic) bond motifs is 5. The van der Waals surface area contributed by atoms with Crippen molar-refractivity contribution in [3.63, 3.8) is 0 Å². The number of aromatic nitrogens is 3. The van der Waals surface area contributed by atoms with Crippen LogP contribution in [0.4, 0.5) is 19.0 Å². The van der Waals surface area contributed by atoms with E-state index in [1.165, 1.54) is 24.4 Å². The molecule has 2 aromatic heterocycles. The summed E-state index contributed by atoms with van der Waals surface area (Å²) in [5.74, 6) is -0.525. The number of benzene rings is 2. The Morgan fingerprint density at radius 2 is 2.00 bits per heavy atom. The molecular formula is C33H34F3N5O3. The summed E-state index contributed by atoms with van der Waals surface area (Å²) in [6.45, 7) is 3.85. The minimum Gasteiger partial charge on any atom is -0.508 e. The van der Waals surface area contributed by atoms with Gasteiger partial charge in [-0.25, -0.2) is 13.2 Å². The number of hydrogen-bond acceptors (Lipinski definition) is 8. The fraction of sp³-hybridized carbons (Fsp3) is 0.485. The van der Waals surface area contributed by atoms with Crippen LogP contribution in [0, 0.1) is 17.6 Å². The van der Waals surface area contributed by atoms with E-state index >= 15 is 4.39 Å². The Hall–Kier alpha value is -3.70. The van der Waals surface area contributed by atoms with Gasteiger partial charge in [0, 0.05) is 31.3 Å². The maximum absolute atomic E-state index is 16.8. The Kier molecular flexibility index (Phi) is 6.43. The van der Waals surface area contributed by atoms with E-state index in [1.54, 1.807) is 6.07 Å². The van der Waals surface area contributed by atoms with Crippen LogP contribution in [-0.2, 0) is 6.42 Å². The number of piperidine rings is 1. The average Bonchev–Trinajstić information content (AvgIpc) is 3.75. The van der Waals surface area contributed by atoms with Crippen LogP contribution in [0.5, 0.6) is 11.8 Å². The molecule has 1 saturated carbocycles. The molecule has 0 amide bonds. The highest BCUT2D eigenvalue weighted by Gasteiger charge is 2.50. The second-order valence-electron chi connectivity index (χ2n) is 13.0. The number of rotatable bonds is 6. The number of aliphatic hydroxyl groups is 1. The van der Waals surface area contributed by atoms with Crippen molar-refractivity contribution in [3.8, 4) is 23.0 Å². The minimum absolute atomic E-state index is 0.0197. The Balaban J connectivity index is 1.28. The third kappa shape index (κ3) is 4.23. The predicted octanol–water partition coefficient (Wildman–Crippen LogP) is 5.31. The zero-order valence-electron chi connectivity index (χ0n) is 24.4. The predicted molar refractivity (Wildman–Crippen MR) is 160 cm³/mol. The lowest BCUT2D eigenvalue weighted by molar-refractivity contribution is 0.107.